The standard InChI is InChI=1S/C22H22F2N2O4/c23-22(24)30-18-6-1-4-15-5-2-13-26(21(15)18)20(28)14-29-17-10-8-16(9-11-17)25-12-3-7-19(25)27/h1,4,6,8-11,22H,2-3,5,7,12-14H2. The SMILES string of the molecule is O=C1CCCN1c1ccc(OCC(=O)N2CCCc3cccc(OC(F)F)c32)cc1. The minimum atomic E-state index is -2.97. The van der Waals surface area contributed by atoms with E-state index in [9.17, 15) is 18.4 Å². The molecule has 0 saturated carbocycles. The van der Waals surface area contributed by atoms with Crippen LogP contribution in [0.25, 0.3) is 0 Å². The average molecular weight is 416 g/mol. The predicted octanol–water partition coefficient (Wildman–Crippen LogP) is 3.77. The van der Waals surface area contributed by atoms with Crippen molar-refractivity contribution in [2.45, 2.75) is 32.3 Å². The summed E-state index contributed by atoms with van der Waals surface area (Å²) in [4.78, 5) is 27.8. The van der Waals surface area contributed by atoms with Gasteiger partial charge in [-0.1, -0.05) is 12.1 Å². The van der Waals surface area contributed by atoms with E-state index in [0.29, 0.717) is 37.4 Å². The average Bonchev–Trinajstić information content (AvgIpc) is 3.17. The Morgan fingerprint density at radius 2 is 1.80 bits per heavy atom. The molecule has 8 heteroatoms. The highest BCUT2D eigenvalue weighted by Crippen LogP contribution is 2.37. The van der Waals surface area contributed by atoms with E-state index in [0.717, 1.165) is 24.1 Å². The second-order valence-electron chi connectivity index (χ2n) is 7.22. The maximum absolute atomic E-state index is 12.8. The largest absolute Gasteiger partial charge is 0.484 e. The van der Waals surface area contributed by atoms with E-state index in [1.807, 2.05) is 6.07 Å². The smallest absolute Gasteiger partial charge is 0.387 e. The van der Waals surface area contributed by atoms with Crippen LogP contribution in [0.3, 0.4) is 0 Å². The lowest BCUT2D eigenvalue weighted by Crippen LogP contribution is -2.39. The Kier molecular flexibility index (Phi) is 5.83. The van der Waals surface area contributed by atoms with Crippen LogP contribution in [0.4, 0.5) is 20.2 Å². The normalized spacial score (nSPS) is 16.0. The third kappa shape index (κ3) is 4.22. The van der Waals surface area contributed by atoms with Crippen molar-refractivity contribution in [1.29, 1.82) is 0 Å². The van der Waals surface area contributed by atoms with E-state index in [-0.39, 0.29) is 24.2 Å². The number of amides is 2. The van der Waals surface area contributed by atoms with Crippen molar-refractivity contribution in [3.8, 4) is 11.5 Å². The van der Waals surface area contributed by atoms with Gasteiger partial charge in [0.1, 0.15) is 11.5 Å². The Morgan fingerprint density at radius 3 is 2.50 bits per heavy atom. The van der Waals surface area contributed by atoms with Gasteiger partial charge in [0, 0.05) is 25.2 Å². The van der Waals surface area contributed by atoms with Crippen molar-refractivity contribution in [2.75, 3.05) is 29.5 Å². The van der Waals surface area contributed by atoms with E-state index in [4.69, 9.17) is 4.74 Å². The van der Waals surface area contributed by atoms with Gasteiger partial charge in [0.05, 0.1) is 5.69 Å². The monoisotopic (exact) mass is 416 g/mol. The van der Waals surface area contributed by atoms with Gasteiger partial charge in [-0.25, -0.2) is 0 Å². The zero-order valence-corrected chi connectivity index (χ0v) is 16.4. The second kappa shape index (κ2) is 8.69. The number of nitrogens with zero attached hydrogens (tertiary/aromatic N) is 2. The molecule has 0 radical (unpaired) electrons. The third-order valence-corrected chi connectivity index (χ3v) is 5.28. The van der Waals surface area contributed by atoms with Crippen molar-refractivity contribution in [3.63, 3.8) is 0 Å². The van der Waals surface area contributed by atoms with Gasteiger partial charge in [-0.05, 0) is 55.2 Å². The Labute approximate surface area is 173 Å². The number of fused-ring (bicyclic) bond motifs is 1. The number of anilines is 2. The molecule has 2 aliphatic heterocycles. The summed E-state index contributed by atoms with van der Waals surface area (Å²) in [6, 6.07) is 11.9. The first-order valence-electron chi connectivity index (χ1n) is 9.93. The zero-order valence-electron chi connectivity index (χ0n) is 16.4. The van der Waals surface area contributed by atoms with Gasteiger partial charge in [-0.3, -0.25) is 9.59 Å². The lowest BCUT2D eigenvalue weighted by atomic mass is 10.0. The van der Waals surface area contributed by atoms with Gasteiger partial charge in [0.15, 0.2) is 6.61 Å². The minimum Gasteiger partial charge on any atom is -0.484 e. The van der Waals surface area contributed by atoms with Gasteiger partial charge in [-0.2, -0.15) is 8.78 Å². The van der Waals surface area contributed by atoms with Crippen molar-refractivity contribution < 1.29 is 27.8 Å². The third-order valence-electron chi connectivity index (χ3n) is 5.28. The summed E-state index contributed by atoms with van der Waals surface area (Å²) in [6.45, 7) is -2.08. The molecular formula is C22H22F2N2O4. The zero-order chi connectivity index (χ0) is 21.1. The molecule has 1 fully saturated rings. The molecule has 4 rings (SSSR count). The summed E-state index contributed by atoms with van der Waals surface area (Å²) >= 11 is 0. The molecule has 0 atom stereocenters. The Morgan fingerprint density at radius 1 is 1.03 bits per heavy atom. The molecule has 2 aromatic rings. The highest BCUT2D eigenvalue weighted by atomic mass is 19.3. The number of halogens is 2. The number of para-hydroxylation sites is 1. The van der Waals surface area contributed by atoms with Gasteiger partial charge < -0.3 is 19.3 Å². The van der Waals surface area contributed by atoms with Crippen LogP contribution < -0.4 is 19.3 Å². The van der Waals surface area contributed by atoms with Crippen LogP contribution in [0.5, 0.6) is 11.5 Å². The molecule has 0 aromatic heterocycles. The molecule has 0 spiro atoms. The van der Waals surface area contributed by atoms with Crippen LogP contribution in [-0.2, 0) is 16.0 Å². The number of alkyl halides is 2. The molecular weight excluding hydrogens is 394 g/mol. The van der Waals surface area contributed by atoms with Gasteiger partial charge in [-0.15, -0.1) is 0 Å². The number of benzene rings is 2. The van der Waals surface area contributed by atoms with E-state index in [1.54, 1.807) is 35.2 Å². The fraction of sp³-hybridized carbons (Fsp3) is 0.364. The number of rotatable bonds is 6. The number of hydrogen-bond acceptors (Lipinski definition) is 4. The molecule has 2 aliphatic rings. The molecule has 1 saturated heterocycles. The molecule has 6 nitrogen and oxygen atoms in total. The minimum absolute atomic E-state index is 0.00446. The maximum Gasteiger partial charge on any atom is 0.387 e. The van der Waals surface area contributed by atoms with Crippen molar-refractivity contribution in [1.82, 2.24) is 0 Å². The molecule has 2 amide bonds. The summed E-state index contributed by atoms with van der Waals surface area (Å²) in [5, 5.41) is 0. The van der Waals surface area contributed by atoms with Crippen LogP contribution in [0.2, 0.25) is 0 Å². The van der Waals surface area contributed by atoms with Crippen molar-refractivity contribution in [3.05, 3.63) is 48.0 Å². The van der Waals surface area contributed by atoms with Crippen LogP contribution in [0.1, 0.15) is 24.8 Å². The molecule has 0 bridgehead atoms. The molecule has 2 heterocycles. The number of aryl methyl sites for hydroxylation is 1. The van der Waals surface area contributed by atoms with Crippen molar-refractivity contribution in [2.24, 2.45) is 0 Å². The lowest BCUT2D eigenvalue weighted by molar-refractivity contribution is -0.120. The highest BCUT2D eigenvalue weighted by molar-refractivity contribution is 5.97. The summed E-state index contributed by atoms with van der Waals surface area (Å²) in [5.74, 6) is 0.257. The number of hydrogen-bond donors (Lipinski definition) is 0. The number of carbonyl (C=O) groups excluding carboxylic acids is 2. The van der Waals surface area contributed by atoms with Gasteiger partial charge in [0.25, 0.3) is 5.91 Å². The summed E-state index contributed by atoms with van der Waals surface area (Å²) in [7, 11) is 0. The molecule has 0 N–H and O–H groups in total. The first-order valence-corrected chi connectivity index (χ1v) is 9.93. The van der Waals surface area contributed by atoms with E-state index >= 15 is 0 Å². The Bertz CT molecular complexity index is 933. The van der Waals surface area contributed by atoms with Crippen LogP contribution >= 0.6 is 0 Å². The van der Waals surface area contributed by atoms with Crippen molar-refractivity contribution >= 4 is 23.2 Å². The fourth-order valence-corrected chi connectivity index (χ4v) is 3.92. The van der Waals surface area contributed by atoms with E-state index in [1.165, 1.54) is 11.0 Å². The van der Waals surface area contributed by atoms with Crippen LogP contribution in [-0.4, -0.2) is 38.1 Å². The number of ether oxygens (including phenoxy) is 2. The molecule has 30 heavy (non-hydrogen) atoms. The van der Waals surface area contributed by atoms with Crippen LogP contribution in [0, 0.1) is 0 Å². The summed E-state index contributed by atoms with van der Waals surface area (Å²) in [5.41, 5.74) is 1.99. The summed E-state index contributed by atoms with van der Waals surface area (Å²) in [6.07, 6.45) is 2.83. The molecule has 0 unspecified atom stereocenters. The quantitative estimate of drug-likeness (QED) is 0.719. The topological polar surface area (TPSA) is 59.1 Å². The highest BCUT2D eigenvalue weighted by Gasteiger charge is 2.27. The van der Waals surface area contributed by atoms with E-state index in [2.05, 4.69) is 4.74 Å². The molecule has 0 aliphatic carbocycles. The fourth-order valence-electron chi connectivity index (χ4n) is 3.92. The second-order valence-corrected chi connectivity index (χ2v) is 7.22. The van der Waals surface area contributed by atoms with E-state index < -0.39 is 6.61 Å². The first-order chi connectivity index (χ1) is 14.5. The Balaban J connectivity index is 1.43. The first kappa shape index (κ1) is 20.1. The van der Waals surface area contributed by atoms with Crippen LogP contribution in [0.15, 0.2) is 42.5 Å². The van der Waals surface area contributed by atoms with Gasteiger partial charge in [0.2, 0.25) is 5.91 Å². The molecule has 158 valence electrons. The van der Waals surface area contributed by atoms with Gasteiger partial charge >= 0.3 is 6.61 Å². The predicted molar refractivity (Wildman–Crippen MR) is 107 cm³/mol. The maximum atomic E-state index is 12.8. The Hall–Kier alpha value is -3.16. The lowest BCUT2D eigenvalue weighted by Gasteiger charge is -2.31. The number of carbonyl (C=O) groups is 2. The summed E-state index contributed by atoms with van der Waals surface area (Å²) < 4.78 is 35.8. The molecule has 2 aromatic carbocycles.